The number of nitrogens with one attached hydrogen (secondary N) is 1. The van der Waals surface area contributed by atoms with Gasteiger partial charge in [-0.3, -0.25) is 9.59 Å². The summed E-state index contributed by atoms with van der Waals surface area (Å²) in [6.45, 7) is 7.75. The Morgan fingerprint density at radius 2 is 1.82 bits per heavy atom. The van der Waals surface area contributed by atoms with Crippen molar-refractivity contribution >= 4 is 17.4 Å². The van der Waals surface area contributed by atoms with Gasteiger partial charge in [0, 0.05) is 24.4 Å². The highest BCUT2D eigenvalue weighted by atomic mass is 16.1. The number of rotatable bonds is 9. The van der Waals surface area contributed by atoms with E-state index in [1.54, 1.807) is 0 Å². The van der Waals surface area contributed by atoms with Crippen LogP contribution in [-0.2, 0) is 16.0 Å². The van der Waals surface area contributed by atoms with Gasteiger partial charge in [0.2, 0.25) is 5.91 Å². The fraction of sp³-hybridized carbons (Fsp3) is 0.579. The summed E-state index contributed by atoms with van der Waals surface area (Å²) in [5.41, 5.74) is 3.30. The lowest BCUT2D eigenvalue weighted by Gasteiger charge is -2.11. The zero-order valence-corrected chi connectivity index (χ0v) is 14.4. The molecule has 0 spiro atoms. The van der Waals surface area contributed by atoms with Crippen molar-refractivity contribution in [3.63, 3.8) is 0 Å². The summed E-state index contributed by atoms with van der Waals surface area (Å²) < 4.78 is 0. The van der Waals surface area contributed by atoms with Gasteiger partial charge in [-0.2, -0.15) is 0 Å². The summed E-state index contributed by atoms with van der Waals surface area (Å²) in [6, 6.07) is 6.23. The summed E-state index contributed by atoms with van der Waals surface area (Å²) in [4.78, 5) is 23.0. The minimum absolute atomic E-state index is 0.0138. The van der Waals surface area contributed by atoms with Crippen molar-refractivity contribution in [2.75, 3.05) is 5.32 Å². The van der Waals surface area contributed by atoms with Crippen LogP contribution in [0.2, 0.25) is 0 Å². The second kappa shape index (κ2) is 9.39. The molecule has 0 aliphatic rings. The van der Waals surface area contributed by atoms with Crippen LogP contribution in [0.1, 0.15) is 64.0 Å². The third-order valence-electron chi connectivity index (χ3n) is 3.74. The molecular formula is C19H29NO2. The van der Waals surface area contributed by atoms with Crippen LogP contribution in [0.5, 0.6) is 0 Å². The molecule has 0 saturated carbocycles. The van der Waals surface area contributed by atoms with E-state index in [1.165, 1.54) is 5.56 Å². The standard InChI is InChI=1S/C19H29NO2/c1-5-18(21)10-8-6-7-9-16-11-15(4)12-17(13-16)20-19(22)14(2)3/h11-14H,5-10H2,1-4H3,(H,20,22). The van der Waals surface area contributed by atoms with E-state index in [9.17, 15) is 9.59 Å². The van der Waals surface area contributed by atoms with Crippen molar-refractivity contribution in [3.05, 3.63) is 29.3 Å². The first-order valence-corrected chi connectivity index (χ1v) is 8.35. The number of benzene rings is 1. The number of hydrogen-bond donors (Lipinski definition) is 1. The molecule has 0 aliphatic carbocycles. The van der Waals surface area contributed by atoms with Gasteiger partial charge in [0.1, 0.15) is 5.78 Å². The normalized spacial score (nSPS) is 10.8. The zero-order valence-electron chi connectivity index (χ0n) is 14.4. The maximum atomic E-state index is 11.8. The second-order valence-corrected chi connectivity index (χ2v) is 6.30. The number of Topliss-reactive ketones (excluding diaryl/α,β-unsaturated/α-hetero) is 1. The van der Waals surface area contributed by atoms with Gasteiger partial charge in [-0.1, -0.05) is 33.3 Å². The smallest absolute Gasteiger partial charge is 0.226 e. The van der Waals surface area contributed by atoms with Crippen molar-refractivity contribution in [3.8, 4) is 0 Å². The molecule has 1 amide bonds. The number of amides is 1. The summed E-state index contributed by atoms with van der Waals surface area (Å²) in [7, 11) is 0. The fourth-order valence-corrected chi connectivity index (χ4v) is 2.37. The molecule has 0 radical (unpaired) electrons. The molecule has 0 bridgehead atoms. The van der Waals surface area contributed by atoms with E-state index in [0.717, 1.165) is 36.9 Å². The maximum absolute atomic E-state index is 11.8. The molecule has 22 heavy (non-hydrogen) atoms. The third-order valence-corrected chi connectivity index (χ3v) is 3.74. The predicted octanol–water partition coefficient (Wildman–Crippen LogP) is 4.67. The number of unbranched alkanes of at least 4 members (excludes halogenated alkanes) is 2. The van der Waals surface area contributed by atoms with Crippen molar-refractivity contribution in [1.82, 2.24) is 0 Å². The molecule has 0 aromatic heterocycles. The molecular weight excluding hydrogens is 274 g/mol. The van der Waals surface area contributed by atoms with Crippen LogP contribution in [0.4, 0.5) is 5.69 Å². The lowest BCUT2D eigenvalue weighted by atomic mass is 10.0. The van der Waals surface area contributed by atoms with Gasteiger partial charge in [0.15, 0.2) is 0 Å². The fourth-order valence-electron chi connectivity index (χ4n) is 2.37. The lowest BCUT2D eigenvalue weighted by molar-refractivity contribution is -0.119. The van der Waals surface area contributed by atoms with Crippen molar-refractivity contribution in [1.29, 1.82) is 0 Å². The average Bonchev–Trinajstić information content (AvgIpc) is 2.45. The molecule has 0 saturated heterocycles. The van der Waals surface area contributed by atoms with Gasteiger partial charge >= 0.3 is 0 Å². The molecule has 122 valence electrons. The number of anilines is 1. The van der Waals surface area contributed by atoms with Crippen LogP contribution < -0.4 is 5.32 Å². The van der Waals surface area contributed by atoms with Crippen molar-refractivity contribution < 1.29 is 9.59 Å². The molecule has 1 rings (SSSR count). The number of carbonyl (C=O) groups excluding carboxylic acids is 2. The molecule has 0 heterocycles. The van der Waals surface area contributed by atoms with Crippen LogP contribution in [0.3, 0.4) is 0 Å². The highest BCUT2D eigenvalue weighted by Crippen LogP contribution is 2.18. The topological polar surface area (TPSA) is 46.2 Å². The Morgan fingerprint density at radius 1 is 1.09 bits per heavy atom. The first-order valence-electron chi connectivity index (χ1n) is 8.35. The molecule has 1 N–H and O–H groups in total. The van der Waals surface area contributed by atoms with E-state index in [0.29, 0.717) is 18.6 Å². The molecule has 0 unspecified atom stereocenters. The minimum atomic E-state index is -0.0138. The van der Waals surface area contributed by atoms with E-state index >= 15 is 0 Å². The quantitative estimate of drug-likeness (QED) is 0.674. The van der Waals surface area contributed by atoms with E-state index in [4.69, 9.17) is 0 Å². The van der Waals surface area contributed by atoms with Crippen LogP contribution >= 0.6 is 0 Å². The van der Waals surface area contributed by atoms with Gasteiger partial charge < -0.3 is 5.32 Å². The second-order valence-electron chi connectivity index (χ2n) is 6.30. The van der Waals surface area contributed by atoms with Gasteiger partial charge in [0.05, 0.1) is 0 Å². The van der Waals surface area contributed by atoms with Gasteiger partial charge in [-0.05, 0) is 49.4 Å². The maximum Gasteiger partial charge on any atom is 0.226 e. The van der Waals surface area contributed by atoms with Crippen LogP contribution in [0, 0.1) is 12.8 Å². The Morgan fingerprint density at radius 3 is 2.45 bits per heavy atom. The minimum Gasteiger partial charge on any atom is -0.326 e. The Kier molecular flexibility index (Phi) is 7.86. The van der Waals surface area contributed by atoms with Crippen molar-refractivity contribution in [2.45, 2.75) is 66.2 Å². The Labute approximate surface area is 134 Å². The van der Waals surface area contributed by atoms with E-state index in [1.807, 2.05) is 26.8 Å². The Bertz CT molecular complexity index is 506. The highest BCUT2D eigenvalue weighted by molar-refractivity contribution is 5.92. The largest absolute Gasteiger partial charge is 0.326 e. The molecule has 3 heteroatoms. The first-order chi connectivity index (χ1) is 10.4. The SMILES string of the molecule is CCC(=O)CCCCCc1cc(C)cc(NC(=O)C(C)C)c1. The molecule has 0 atom stereocenters. The molecule has 0 fully saturated rings. The lowest BCUT2D eigenvalue weighted by Crippen LogP contribution is -2.17. The summed E-state index contributed by atoms with van der Waals surface area (Å²) >= 11 is 0. The zero-order chi connectivity index (χ0) is 16.5. The van der Waals surface area contributed by atoms with Crippen LogP contribution in [0.25, 0.3) is 0 Å². The molecule has 1 aromatic carbocycles. The molecule has 3 nitrogen and oxygen atoms in total. The summed E-state index contributed by atoms with van der Waals surface area (Å²) in [5.74, 6) is 0.393. The first kappa shape index (κ1) is 18.4. The van der Waals surface area contributed by atoms with Gasteiger partial charge in [0.25, 0.3) is 0 Å². The Balaban J connectivity index is 2.48. The van der Waals surface area contributed by atoms with Crippen LogP contribution in [0.15, 0.2) is 18.2 Å². The number of carbonyl (C=O) groups is 2. The number of hydrogen-bond acceptors (Lipinski definition) is 2. The molecule has 0 aliphatic heterocycles. The summed E-state index contributed by atoms with van der Waals surface area (Å²) in [6.07, 6.45) is 5.49. The summed E-state index contributed by atoms with van der Waals surface area (Å²) in [5, 5.41) is 2.96. The third kappa shape index (κ3) is 6.88. The number of ketones is 1. The van der Waals surface area contributed by atoms with Crippen molar-refractivity contribution in [2.24, 2.45) is 5.92 Å². The highest BCUT2D eigenvalue weighted by Gasteiger charge is 2.08. The van der Waals surface area contributed by atoms with Gasteiger partial charge in [-0.25, -0.2) is 0 Å². The number of aryl methyl sites for hydroxylation is 2. The van der Waals surface area contributed by atoms with E-state index in [-0.39, 0.29) is 11.8 Å². The monoisotopic (exact) mass is 303 g/mol. The molecule has 1 aromatic rings. The predicted molar refractivity (Wildman–Crippen MR) is 92.1 cm³/mol. The van der Waals surface area contributed by atoms with Crippen LogP contribution in [-0.4, -0.2) is 11.7 Å². The van der Waals surface area contributed by atoms with E-state index < -0.39 is 0 Å². The Hall–Kier alpha value is -1.64. The van der Waals surface area contributed by atoms with E-state index in [2.05, 4.69) is 24.4 Å². The average molecular weight is 303 g/mol. The van der Waals surface area contributed by atoms with Gasteiger partial charge in [-0.15, -0.1) is 0 Å².